The number of hydrogen-bond donors (Lipinski definition) is 2. The molecule has 54 heavy (non-hydrogen) atoms. The minimum atomic E-state index is -1.05. The first kappa shape index (κ1) is 38.9. The molecular weight excluding hydrogens is 713 g/mol. The molecule has 6 aromatic rings. The van der Waals surface area contributed by atoms with Crippen molar-refractivity contribution in [1.82, 2.24) is 0 Å². The highest BCUT2D eigenvalue weighted by atomic mass is 32.2. The Morgan fingerprint density at radius 1 is 0.370 bits per heavy atom. The van der Waals surface area contributed by atoms with E-state index in [-0.39, 0.29) is 11.5 Å². The van der Waals surface area contributed by atoms with Gasteiger partial charge in [-0.2, -0.15) is 0 Å². The van der Waals surface area contributed by atoms with Crippen LogP contribution in [0, 0.1) is 0 Å². The molecule has 0 heterocycles. The van der Waals surface area contributed by atoms with E-state index in [1.54, 1.807) is 52.0 Å². The number of thioether (sulfide) groups is 2. The highest BCUT2D eigenvalue weighted by Crippen LogP contribution is 2.51. The quantitative estimate of drug-likeness (QED) is 0.0893. The summed E-state index contributed by atoms with van der Waals surface area (Å²) in [5.74, 6) is 3.51. The standard InChI is InChI=1S/C46H46O6S2/c1-49-39-23-15-35(16-24-39)45(33-11-7-5-8-12-33,36-17-25-40(50-2)26-18-36)53-31-43(47)44(48)32-54-46(34-13-9-6-10-14-34,37-19-27-41(51-3)28-20-37)38-21-29-42(52-4)30-22-38/h5-30,43-44,47-48H,31-32H2,1-4H3. The predicted molar refractivity (Wildman–Crippen MR) is 222 cm³/mol. The lowest BCUT2D eigenvalue weighted by Gasteiger charge is -2.38. The fraction of sp³-hybridized carbons (Fsp3) is 0.217. The van der Waals surface area contributed by atoms with Gasteiger partial charge in [0.15, 0.2) is 0 Å². The normalized spacial score (nSPS) is 12.8. The molecule has 0 saturated carbocycles. The van der Waals surface area contributed by atoms with E-state index in [0.29, 0.717) is 0 Å². The third-order valence-corrected chi connectivity index (χ3v) is 13.0. The van der Waals surface area contributed by atoms with Crippen LogP contribution in [0.25, 0.3) is 0 Å². The summed E-state index contributed by atoms with van der Waals surface area (Å²) in [5.41, 5.74) is 6.16. The molecule has 0 fully saturated rings. The zero-order chi connectivity index (χ0) is 38.0. The molecule has 2 unspecified atom stereocenters. The molecule has 6 nitrogen and oxygen atoms in total. The molecule has 6 aromatic carbocycles. The van der Waals surface area contributed by atoms with Crippen LogP contribution < -0.4 is 18.9 Å². The maximum Gasteiger partial charge on any atom is 0.118 e. The zero-order valence-corrected chi connectivity index (χ0v) is 32.6. The lowest BCUT2D eigenvalue weighted by molar-refractivity contribution is 0.0498. The molecule has 0 aliphatic heterocycles. The van der Waals surface area contributed by atoms with E-state index < -0.39 is 21.7 Å². The number of rotatable bonds is 17. The van der Waals surface area contributed by atoms with E-state index in [0.717, 1.165) is 56.4 Å². The van der Waals surface area contributed by atoms with Gasteiger partial charge in [0.2, 0.25) is 0 Å². The van der Waals surface area contributed by atoms with Crippen molar-refractivity contribution in [2.45, 2.75) is 21.7 Å². The largest absolute Gasteiger partial charge is 0.497 e. The second-order valence-corrected chi connectivity index (χ2v) is 15.2. The molecular formula is C46H46O6S2. The molecule has 2 N–H and O–H groups in total. The Morgan fingerprint density at radius 2 is 0.593 bits per heavy atom. The summed E-state index contributed by atoms with van der Waals surface area (Å²) in [7, 11) is 6.62. The summed E-state index contributed by atoms with van der Waals surface area (Å²) in [4.78, 5) is 0. The van der Waals surface area contributed by atoms with E-state index in [9.17, 15) is 10.2 Å². The second kappa shape index (κ2) is 18.0. The average Bonchev–Trinajstić information content (AvgIpc) is 3.25. The van der Waals surface area contributed by atoms with Gasteiger partial charge in [0.05, 0.1) is 50.1 Å². The lowest BCUT2D eigenvalue weighted by atomic mass is 9.84. The van der Waals surface area contributed by atoms with Gasteiger partial charge < -0.3 is 29.2 Å². The summed E-state index contributed by atoms with van der Waals surface area (Å²) < 4.78 is 20.6. The number of benzene rings is 6. The lowest BCUT2D eigenvalue weighted by Crippen LogP contribution is -2.36. The van der Waals surface area contributed by atoms with Gasteiger partial charge >= 0.3 is 0 Å². The molecule has 0 radical (unpaired) electrons. The van der Waals surface area contributed by atoms with Gasteiger partial charge in [-0.3, -0.25) is 0 Å². The number of hydrogen-bond acceptors (Lipinski definition) is 8. The van der Waals surface area contributed by atoms with E-state index in [2.05, 4.69) is 72.8 Å². The number of methoxy groups -OCH3 is 4. The molecule has 0 saturated heterocycles. The van der Waals surface area contributed by atoms with E-state index >= 15 is 0 Å². The maximum absolute atomic E-state index is 11.9. The first-order valence-electron chi connectivity index (χ1n) is 17.7. The minimum absolute atomic E-state index is 0.248. The smallest absolute Gasteiger partial charge is 0.118 e. The van der Waals surface area contributed by atoms with Crippen molar-refractivity contribution in [3.05, 3.63) is 191 Å². The summed E-state index contributed by atoms with van der Waals surface area (Å²) in [6.45, 7) is 0. The third kappa shape index (κ3) is 8.12. The van der Waals surface area contributed by atoms with Crippen LogP contribution in [0.2, 0.25) is 0 Å². The Hall–Kier alpha value is -4.86. The summed E-state index contributed by atoms with van der Waals surface area (Å²) in [6, 6.07) is 52.8. The predicted octanol–water partition coefficient (Wildman–Crippen LogP) is 9.19. The zero-order valence-electron chi connectivity index (χ0n) is 30.9. The van der Waals surface area contributed by atoms with Gasteiger partial charge in [0.25, 0.3) is 0 Å². The van der Waals surface area contributed by atoms with Crippen LogP contribution in [-0.2, 0) is 9.49 Å². The molecule has 0 aliphatic rings. The van der Waals surface area contributed by atoms with Gasteiger partial charge in [-0.25, -0.2) is 0 Å². The molecule has 0 amide bonds. The topological polar surface area (TPSA) is 77.4 Å². The Morgan fingerprint density at radius 3 is 0.815 bits per heavy atom. The van der Waals surface area contributed by atoms with Crippen molar-refractivity contribution in [3.8, 4) is 23.0 Å². The van der Waals surface area contributed by atoms with Crippen molar-refractivity contribution >= 4 is 23.5 Å². The van der Waals surface area contributed by atoms with Crippen molar-refractivity contribution < 1.29 is 29.2 Å². The van der Waals surface area contributed by atoms with Crippen LogP contribution in [0.5, 0.6) is 23.0 Å². The first-order chi connectivity index (χ1) is 26.4. The number of ether oxygens (including phenoxy) is 4. The SMILES string of the molecule is COc1ccc(C(SCC(O)C(O)CSC(c2ccccc2)(c2ccc(OC)cc2)c2ccc(OC)cc2)(c2ccccc2)c2ccc(OC)cc2)cc1. The van der Waals surface area contributed by atoms with E-state index in [4.69, 9.17) is 18.9 Å². The van der Waals surface area contributed by atoms with Gasteiger partial charge in [0, 0.05) is 11.5 Å². The molecule has 6 rings (SSSR count). The molecule has 0 aliphatic carbocycles. The molecule has 0 aromatic heterocycles. The van der Waals surface area contributed by atoms with Crippen molar-refractivity contribution in [1.29, 1.82) is 0 Å². The Bertz CT molecular complexity index is 1780. The molecule has 278 valence electrons. The van der Waals surface area contributed by atoms with Gasteiger partial charge in [0.1, 0.15) is 23.0 Å². The van der Waals surface area contributed by atoms with Crippen LogP contribution in [-0.4, -0.2) is 62.4 Å². The maximum atomic E-state index is 11.9. The fourth-order valence-electron chi connectivity index (χ4n) is 6.79. The van der Waals surface area contributed by atoms with Crippen LogP contribution in [0.1, 0.15) is 33.4 Å². The minimum Gasteiger partial charge on any atom is -0.497 e. The monoisotopic (exact) mass is 758 g/mol. The summed E-state index contributed by atoms with van der Waals surface area (Å²) in [5, 5.41) is 23.7. The fourth-order valence-corrected chi connectivity index (χ4v) is 9.89. The highest BCUT2D eigenvalue weighted by molar-refractivity contribution is 8.01. The van der Waals surface area contributed by atoms with E-state index in [1.807, 2.05) is 84.9 Å². The van der Waals surface area contributed by atoms with Crippen LogP contribution in [0.15, 0.2) is 158 Å². The van der Waals surface area contributed by atoms with Gasteiger partial charge in [-0.15, -0.1) is 23.5 Å². The van der Waals surface area contributed by atoms with Crippen LogP contribution in [0.3, 0.4) is 0 Å². The number of aliphatic hydroxyl groups excluding tert-OH is 2. The Kier molecular flexibility index (Phi) is 12.9. The van der Waals surface area contributed by atoms with Crippen molar-refractivity contribution in [2.24, 2.45) is 0 Å². The second-order valence-electron chi connectivity index (χ2n) is 12.8. The van der Waals surface area contributed by atoms with Crippen molar-refractivity contribution in [2.75, 3.05) is 39.9 Å². The summed E-state index contributed by atoms with van der Waals surface area (Å²) >= 11 is 3.19. The van der Waals surface area contributed by atoms with Gasteiger partial charge in [-0.1, -0.05) is 109 Å². The highest BCUT2D eigenvalue weighted by Gasteiger charge is 2.41. The molecule has 8 heteroatoms. The van der Waals surface area contributed by atoms with Crippen molar-refractivity contribution in [3.63, 3.8) is 0 Å². The van der Waals surface area contributed by atoms with E-state index in [1.165, 1.54) is 0 Å². The van der Waals surface area contributed by atoms with Crippen LogP contribution >= 0.6 is 23.5 Å². The molecule has 0 spiro atoms. The first-order valence-corrected chi connectivity index (χ1v) is 19.7. The third-order valence-electron chi connectivity index (χ3n) is 9.73. The Balaban J connectivity index is 1.36. The molecule has 0 bridgehead atoms. The Labute approximate surface area is 327 Å². The molecule has 2 atom stereocenters. The van der Waals surface area contributed by atoms with Gasteiger partial charge in [-0.05, 0) is 81.9 Å². The van der Waals surface area contributed by atoms with Crippen LogP contribution in [0.4, 0.5) is 0 Å². The summed E-state index contributed by atoms with van der Waals surface area (Å²) in [6.07, 6.45) is -2.11. The average molecular weight is 759 g/mol. The number of aliphatic hydroxyl groups is 2.